The predicted octanol–water partition coefficient (Wildman–Crippen LogP) is 0.894. The summed E-state index contributed by atoms with van der Waals surface area (Å²) < 4.78 is 23.5. The first-order valence-corrected chi connectivity index (χ1v) is 6.30. The van der Waals surface area contributed by atoms with Crippen molar-refractivity contribution in [2.45, 2.75) is 6.42 Å². The number of rotatable bonds is 9. The van der Waals surface area contributed by atoms with Crippen molar-refractivity contribution in [1.82, 2.24) is 5.32 Å². The summed E-state index contributed by atoms with van der Waals surface area (Å²) in [6, 6.07) is 4.19. The number of ether oxygens (including phenoxy) is 2. The summed E-state index contributed by atoms with van der Waals surface area (Å²) in [5, 5.41) is 2.68. The van der Waals surface area contributed by atoms with E-state index >= 15 is 0 Å². The molecule has 0 aliphatic carbocycles. The molecule has 1 aromatic carbocycles. The molecule has 4 N–H and O–H groups in total. The van der Waals surface area contributed by atoms with Crippen molar-refractivity contribution in [3.05, 3.63) is 29.6 Å². The number of halogens is 1. The highest BCUT2D eigenvalue weighted by Crippen LogP contribution is 2.18. The van der Waals surface area contributed by atoms with Gasteiger partial charge in [-0.05, 0) is 18.6 Å². The van der Waals surface area contributed by atoms with Gasteiger partial charge in [-0.3, -0.25) is 10.6 Å². The SMILES string of the molecule is COCCOCCCNC(=O)c1cccc(F)c1NN. The van der Waals surface area contributed by atoms with Gasteiger partial charge in [0.1, 0.15) is 5.82 Å². The van der Waals surface area contributed by atoms with Crippen molar-refractivity contribution >= 4 is 11.6 Å². The van der Waals surface area contributed by atoms with E-state index in [9.17, 15) is 9.18 Å². The largest absolute Gasteiger partial charge is 0.382 e. The normalized spacial score (nSPS) is 10.3. The second-order valence-electron chi connectivity index (χ2n) is 4.02. The van der Waals surface area contributed by atoms with E-state index in [4.69, 9.17) is 15.3 Å². The van der Waals surface area contributed by atoms with E-state index in [1.54, 1.807) is 7.11 Å². The van der Waals surface area contributed by atoms with E-state index in [1.165, 1.54) is 18.2 Å². The summed E-state index contributed by atoms with van der Waals surface area (Å²) in [5.74, 6) is 4.26. The first-order chi connectivity index (χ1) is 9.70. The van der Waals surface area contributed by atoms with Crippen LogP contribution < -0.4 is 16.6 Å². The van der Waals surface area contributed by atoms with Crippen LogP contribution in [0.25, 0.3) is 0 Å². The van der Waals surface area contributed by atoms with Crippen LogP contribution in [-0.2, 0) is 9.47 Å². The molecular weight excluding hydrogens is 265 g/mol. The minimum Gasteiger partial charge on any atom is -0.382 e. The molecule has 0 spiro atoms. The number of methoxy groups -OCH3 is 1. The van der Waals surface area contributed by atoms with E-state index < -0.39 is 5.82 Å². The molecule has 0 aliphatic heterocycles. The van der Waals surface area contributed by atoms with Gasteiger partial charge < -0.3 is 20.2 Å². The number of anilines is 1. The highest BCUT2D eigenvalue weighted by Gasteiger charge is 2.13. The van der Waals surface area contributed by atoms with Gasteiger partial charge in [0.15, 0.2) is 0 Å². The molecule has 0 atom stereocenters. The number of hydrogen-bond acceptors (Lipinski definition) is 5. The Labute approximate surface area is 117 Å². The Morgan fingerprint density at radius 2 is 2.15 bits per heavy atom. The number of amides is 1. The maximum Gasteiger partial charge on any atom is 0.253 e. The molecule has 0 aromatic heterocycles. The highest BCUT2D eigenvalue weighted by molar-refractivity contribution is 5.99. The van der Waals surface area contributed by atoms with Gasteiger partial charge in [-0.15, -0.1) is 0 Å². The Hall–Kier alpha value is -1.70. The molecule has 0 saturated heterocycles. The summed E-state index contributed by atoms with van der Waals surface area (Å²) in [7, 11) is 1.60. The second kappa shape index (κ2) is 9.24. The van der Waals surface area contributed by atoms with Crippen molar-refractivity contribution in [1.29, 1.82) is 0 Å². The van der Waals surface area contributed by atoms with Gasteiger partial charge >= 0.3 is 0 Å². The molecule has 1 aromatic rings. The summed E-state index contributed by atoms with van der Waals surface area (Å²) in [6.45, 7) is 2.03. The number of carbonyl (C=O) groups is 1. The number of nitrogens with two attached hydrogens (primary N) is 1. The molecule has 6 nitrogen and oxygen atoms in total. The Morgan fingerprint density at radius 1 is 1.35 bits per heavy atom. The molecule has 1 rings (SSSR count). The molecule has 0 saturated carbocycles. The van der Waals surface area contributed by atoms with E-state index in [0.717, 1.165) is 0 Å². The number of carbonyl (C=O) groups excluding carboxylic acids is 1. The number of hydrogen-bond donors (Lipinski definition) is 3. The van der Waals surface area contributed by atoms with Gasteiger partial charge in [0, 0.05) is 20.3 Å². The zero-order chi connectivity index (χ0) is 14.8. The van der Waals surface area contributed by atoms with Crippen LogP contribution in [0.5, 0.6) is 0 Å². The van der Waals surface area contributed by atoms with Crippen molar-refractivity contribution in [2.24, 2.45) is 5.84 Å². The van der Waals surface area contributed by atoms with E-state index in [-0.39, 0.29) is 17.2 Å². The average molecular weight is 285 g/mol. The van der Waals surface area contributed by atoms with E-state index in [0.29, 0.717) is 32.8 Å². The molecular formula is C13H20FN3O3. The first kappa shape index (κ1) is 16.4. The molecule has 7 heteroatoms. The van der Waals surface area contributed by atoms with E-state index in [2.05, 4.69) is 10.7 Å². The molecule has 0 fully saturated rings. The number of nitrogen functional groups attached to an aromatic ring is 1. The van der Waals surface area contributed by atoms with Crippen LogP contribution >= 0.6 is 0 Å². The van der Waals surface area contributed by atoms with Crippen LogP contribution in [0.15, 0.2) is 18.2 Å². The van der Waals surface area contributed by atoms with Crippen molar-refractivity contribution in [3.8, 4) is 0 Å². The highest BCUT2D eigenvalue weighted by atomic mass is 19.1. The van der Waals surface area contributed by atoms with Crippen molar-refractivity contribution in [3.63, 3.8) is 0 Å². The summed E-state index contributed by atoms with van der Waals surface area (Å²) in [4.78, 5) is 11.9. The van der Waals surface area contributed by atoms with Crippen LogP contribution in [0.3, 0.4) is 0 Å². The van der Waals surface area contributed by atoms with Crippen molar-refractivity contribution in [2.75, 3.05) is 38.9 Å². The van der Waals surface area contributed by atoms with Gasteiger partial charge in [-0.1, -0.05) is 6.07 Å². The topological polar surface area (TPSA) is 85.6 Å². The van der Waals surface area contributed by atoms with Gasteiger partial charge in [-0.25, -0.2) is 4.39 Å². The zero-order valence-electron chi connectivity index (χ0n) is 11.4. The van der Waals surface area contributed by atoms with E-state index in [1.807, 2.05) is 0 Å². The second-order valence-corrected chi connectivity index (χ2v) is 4.02. The van der Waals surface area contributed by atoms with Crippen LogP contribution in [0.1, 0.15) is 16.8 Å². The smallest absolute Gasteiger partial charge is 0.253 e. The number of benzene rings is 1. The summed E-state index contributed by atoms with van der Waals surface area (Å²) in [6.07, 6.45) is 0.663. The van der Waals surface area contributed by atoms with Crippen LogP contribution in [-0.4, -0.2) is 39.4 Å². The molecule has 0 heterocycles. The van der Waals surface area contributed by atoms with Gasteiger partial charge in [0.2, 0.25) is 0 Å². The lowest BCUT2D eigenvalue weighted by molar-refractivity contribution is 0.0688. The minimum absolute atomic E-state index is 0.0126. The molecule has 20 heavy (non-hydrogen) atoms. The molecule has 0 radical (unpaired) electrons. The maximum absolute atomic E-state index is 13.4. The Bertz CT molecular complexity index is 429. The molecule has 112 valence electrons. The Morgan fingerprint density at radius 3 is 2.85 bits per heavy atom. The lowest BCUT2D eigenvalue weighted by Crippen LogP contribution is -2.27. The quantitative estimate of drug-likeness (QED) is 0.356. The molecule has 0 unspecified atom stereocenters. The average Bonchev–Trinajstić information content (AvgIpc) is 2.45. The fourth-order valence-electron chi connectivity index (χ4n) is 1.58. The van der Waals surface area contributed by atoms with Crippen LogP contribution in [0.4, 0.5) is 10.1 Å². The zero-order valence-corrected chi connectivity index (χ0v) is 11.4. The lowest BCUT2D eigenvalue weighted by Gasteiger charge is -2.10. The Kier molecular flexibility index (Phi) is 7.56. The fourth-order valence-corrected chi connectivity index (χ4v) is 1.58. The summed E-state index contributed by atoms with van der Waals surface area (Å²) >= 11 is 0. The van der Waals surface area contributed by atoms with Crippen LogP contribution in [0, 0.1) is 5.82 Å². The van der Waals surface area contributed by atoms with Crippen molar-refractivity contribution < 1.29 is 18.7 Å². The predicted molar refractivity (Wildman–Crippen MR) is 73.9 cm³/mol. The monoisotopic (exact) mass is 285 g/mol. The third-order valence-corrected chi connectivity index (χ3v) is 2.59. The first-order valence-electron chi connectivity index (χ1n) is 6.30. The molecule has 1 amide bonds. The molecule has 0 bridgehead atoms. The van der Waals surface area contributed by atoms with Crippen LogP contribution in [0.2, 0.25) is 0 Å². The number of hydrazine groups is 1. The lowest BCUT2D eigenvalue weighted by atomic mass is 10.1. The van der Waals surface area contributed by atoms with Gasteiger partial charge in [-0.2, -0.15) is 0 Å². The number of nitrogens with one attached hydrogen (secondary N) is 2. The standard InChI is InChI=1S/C13H20FN3O3/c1-19-8-9-20-7-3-6-16-13(18)10-4-2-5-11(14)12(10)17-15/h2,4-5,17H,3,6-9,15H2,1H3,(H,16,18). The van der Waals surface area contributed by atoms with Gasteiger partial charge in [0.05, 0.1) is 24.5 Å². The minimum atomic E-state index is -0.567. The third kappa shape index (κ3) is 5.12. The maximum atomic E-state index is 13.4. The third-order valence-electron chi connectivity index (χ3n) is 2.59. The fraction of sp³-hybridized carbons (Fsp3) is 0.462. The molecule has 0 aliphatic rings. The van der Waals surface area contributed by atoms with Gasteiger partial charge in [0.25, 0.3) is 5.91 Å². The number of para-hydroxylation sites is 1. The summed E-state index contributed by atoms with van der Waals surface area (Å²) in [5.41, 5.74) is 2.36. The Balaban J connectivity index is 2.35.